The molecule has 0 bridgehead atoms. The number of carbonyl (C=O) groups excluding carboxylic acids is 2. The normalized spacial score (nSPS) is 18.4. The molecular weight excluding hydrogens is 655 g/mol. The number of carboxylic acid groups (broad SMARTS) is 2. The second-order valence-corrected chi connectivity index (χ2v) is 13.6. The lowest BCUT2D eigenvalue weighted by atomic mass is 10.0. The highest BCUT2D eigenvalue weighted by Crippen LogP contribution is 2.51. The molecule has 1 amide bonds. The summed E-state index contributed by atoms with van der Waals surface area (Å²) in [6.07, 6.45) is 1.90. The second kappa shape index (κ2) is 12.7. The number of anilines is 1. The molecule has 0 aliphatic carbocycles. The monoisotopic (exact) mass is 679 g/mol. The molecule has 2 N–H and O–H groups in total. The van der Waals surface area contributed by atoms with Gasteiger partial charge in [0.15, 0.2) is 11.5 Å². The van der Waals surface area contributed by atoms with E-state index in [2.05, 4.69) is 0 Å². The highest BCUT2D eigenvalue weighted by Gasteiger charge is 2.36. The molecule has 1 fully saturated rings. The molecular formula is C27H25N3O10S4. The van der Waals surface area contributed by atoms with Crippen molar-refractivity contribution in [3.63, 3.8) is 0 Å². The van der Waals surface area contributed by atoms with Crippen molar-refractivity contribution >= 4 is 91.4 Å². The van der Waals surface area contributed by atoms with Gasteiger partial charge in [-0.2, -0.15) is 0 Å². The number of ether oxygens (including phenoxy) is 3. The SMILES string of the molecule is COC(=O)CCN1/C(=C/C(=c2/s/c(=C3\SC(=S)N(CC(=O)O)C3=O)n(CC(=O)O)c2=O)C(C)C)Sc2cc3c(cc21)OCO3. The van der Waals surface area contributed by atoms with Crippen molar-refractivity contribution in [2.45, 2.75) is 31.7 Å². The van der Waals surface area contributed by atoms with Crippen LogP contribution in [0.5, 0.6) is 11.5 Å². The predicted octanol–water partition coefficient (Wildman–Crippen LogP) is 1.60. The summed E-state index contributed by atoms with van der Waals surface area (Å²) in [6, 6.07) is 3.67. The minimum Gasteiger partial charge on any atom is -0.480 e. The zero-order chi connectivity index (χ0) is 31.9. The Hall–Kier alpha value is -3.80. The van der Waals surface area contributed by atoms with Crippen LogP contribution in [0.2, 0.25) is 0 Å². The highest BCUT2D eigenvalue weighted by atomic mass is 32.2. The number of hydrogen-bond acceptors (Lipinski definition) is 13. The Morgan fingerprint density at radius 2 is 1.75 bits per heavy atom. The fourth-order valence-corrected chi connectivity index (χ4v) is 8.47. The quantitative estimate of drug-likeness (QED) is 0.290. The smallest absolute Gasteiger partial charge is 0.323 e. The third-order valence-corrected chi connectivity index (χ3v) is 10.6. The number of methoxy groups -OCH3 is 1. The van der Waals surface area contributed by atoms with Gasteiger partial charge in [0, 0.05) is 23.6 Å². The first kappa shape index (κ1) is 31.6. The third kappa shape index (κ3) is 6.09. The minimum atomic E-state index is -1.29. The van der Waals surface area contributed by atoms with Crippen LogP contribution < -0.4 is 29.1 Å². The van der Waals surface area contributed by atoms with E-state index in [-0.39, 0.29) is 44.1 Å². The number of esters is 1. The standard InChI is InChI=1S/C27H25N3O10S4/c1-12(2)13(6-18-28(5-4-21(35)38-3)14-7-15-16(40-11-39-15)8-17(14)42-18)22-24(36)29(9-19(31)32)26(43-22)23-25(37)30(10-20(33)34)27(41)44-23/h6-8,12H,4-5,9-11H2,1-3H3,(H,31,32)(H,33,34)/b18-6-,22-13-,26-23-. The van der Waals surface area contributed by atoms with Crippen molar-refractivity contribution < 1.29 is 43.6 Å². The van der Waals surface area contributed by atoms with Crippen molar-refractivity contribution in [3.05, 3.63) is 42.8 Å². The first-order valence-electron chi connectivity index (χ1n) is 13.0. The molecule has 1 aromatic carbocycles. The summed E-state index contributed by atoms with van der Waals surface area (Å²) in [7, 11) is 1.31. The molecule has 0 saturated carbocycles. The van der Waals surface area contributed by atoms with Crippen molar-refractivity contribution in [2.24, 2.45) is 5.92 Å². The largest absolute Gasteiger partial charge is 0.480 e. The number of nitrogens with zero attached hydrogens (tertiary/aromatic N) is 3. The van der Waals surface area contributed by atoms with Gasteiger partial charge in [0.05, 0.1) is 28.8 Å². The van der Waals surface area contributed by atoms with Crippen molar-refractivity contribution in [1.82, 2.24) is 9.47 Å². The maximum Gasteiger partial charge on any atom is 0.323 e. The number of amides is 1. The molecule has 17 heteroatoms. The van der Waals surface area contributed by atoms with Crippen LogP contribution in [0.4, 0.5) is 5.69 Å². The van der Waals surface area contributed by atoms with Gasteiger partial charge < -0.3 is 29.3 Å². The molecule has 3 aliphatic heterocycles. The summed E-state index contributed by atoms with van der Waals surface area (Å²) in [5.41, 5.74) is 0.742. The molecule has 1 aromatic heterocycles. The fraction of sp³-hybridized carbons (Fsp3) is 0.333. The van der Waals surface area contributed by atoms with E-state index in [1.54, 1.807) is 0 Å². The van der Waals surface area contributed by atoms with E-state index in [1.807, 2.05) is 37.0 Å². The average Bonchev–Trinajstić information content (AvgIpc) is 3.70. The first-order chi connectivity index (χ1) is 20.9. The van der Waals surface area contributed by atoms with Crippen LogP contribution in [0.1, 0.15) is 20.3 Å². The molecule has 4 heterocycles. The van der Waals surface area contributed by atoms with Gasteiger partial charge in [-0.1, -0.05) is 49.6 Å². The molecule has 2 aromatic rings. The molecule has 0 unspecified atom stereocenters. The fourth-order valence-electron chi connectivity index (χ4n) is 4.60. The number of hydrogen-bond donors (Lipinski definition) is 2. The second-order valence-electron chi connectivity index (χ2n) is 9.85. The predicted molar refractivity (Wildman–Crippen MR) is 167 cm³/mol. The maximum atomic E-state index is 13.8. The first-order valence-corrected chi connectivity index (χ1v) is 15.9. The third-order valence-electron chi connectivity index (χ3n) is 6.67. The van der Waals surface area contributed by atoms with Gasteiger partial charge in [-0.15, -0.1) is 11.3 Å². The van der Waals surface area contributed by atoms with E-state index in [9.17, 15) is 34.2 Å². The lowest BCUT2D eigenvalue weighted by Gasteiger charge is -2.21. The van der Waals surface area contributed by atoms with Crippen LogP contribution in [0.15, 0.2) is 32.9 Å². The van der Waals surface area contributed by atoms with Crippen molar-refractivity contribution in [2.75, 3.05) is 31.9 Å². The summed E-state index contributed by atoms with van der Waals surface area (Å²) in [6.45, 7) is 2.74. The number of allylic oxidation sites excluding steroid dienone is 1. The Labute approximate surface area is 267 Å². The van der Waals surface area contributed by atoms with Crippen molar-refractivity contribution in [1.29, 1.82) is 0 Å². The molecule has 1 saturated heterocycles. The average molecular weight is 680 g/mol. The van der Waals surface area contributed by atoms with Crippen LogP contribution in [0.25, 0.3) is 10.5 Å². The summed E-state index contributed by atoms with van der Waals surface area (Å²) in [5.74, 6) is -2.76. The zero-order valence-corrected chi connectivity index (χ0v) is 26.7. The van der Waals surface area contributed by atoms with Gasteiger partial charge in [0.1, 0.15) is 27.0 Å². The highest BCUT2D eigenvalue weighted by molar-refractivity contribution is 8.30. The van der Waals surface area contributed by atoms with Gasteiger partial charge in [-0.05, 0) is 17.6 Å². The molecule has 232 valence electrons. The Morgan fingerprint density at radius 3 is 2.39 bits per heavy atom. The number of aliphatic carboxylic acids is 2. The topological polar surface area (TPSA) is 165 Å². The van der Waals surface area contributed by atoms with E-state index in [0.29, 0.717) is 22.1 Å². The number of carbonyl (C=O) groups is 4. The van der Waals surface area contributed by atoms with Crippen LogP contribution in [0.3, 0.4) is 0 Å². The Bertz CT molecular complexity index is 1830. The molecule has 44 heavy (non-hydrogen) atoms. The molecule has 0 spiro atoms. The van der Waals surface area contributed by atoms with E-state index in [1.165, 1.54) is 18.9 Å². The number of carboxylic acids is 2. The maximum absolute atomic E-state index is 13.8. The van der Waals surface area contributed by atoms with Gasteiger partial charge in [0.2, 0.25) is 6.79 Å². The van der Waals surface area contributed by atoms with E-state index >= 15 is 0 Å². The van der Waals surface area contributed by atoms with Gasteiger partial charge >= 0.3 is 17.9 Å². The number of thiazole rings is 1. The summed E-state index contributed by atoms with van der Waals surface area (Å²) in [4.78, 5) is 65.8. The molecule has 0 atom stereocenters. The van der Waals surface area contributed by atoms with Crippen LogP contribution in [0, 0.1) is 5.92 Å². The van der Waals surface area contributed by atoms with E-state index < -0.39 is 42.5 Å². The summed E-state index contributed by atoms with van der Waals surface area (Å²) < 4.78 is 17.2. The number of rotatable bonds is 9. The Morgan fingerprint density at radius 1 is 1.07 bits per heavy atom. The molecule has 13 nitrogen and oxygen atoms in total. The van der Waals surface area contributed by atoms with Crippen LogP contribution in [-0.2, 0) is 30.5 Å². The number of thioether (sulfide) groups is 2. The van der Waals surface area contributed by atoms with E-state index in [4.69, 9.17) is 26.4 Å². The van der Waals surface area contributed by atoms with Gasteiger partial charge in [0.25, 0.3) is 11.5 Å². The lowest BCUT2D eigenvalue weighted by molar-refractivity contribution is -0.140. The molecule has 0 radical (unpaired) electrons. The zero-order valence-electron chi connectivity index (χ0n) is 23.5. The number of fused-ring (bicyclic) bond motifs is 2. The lowest BCUT2D eigenvalue weighted by Crippen LogP contribution is -2.37. The summed E-state index contributed by atoms with van der Waals surface area (Å²) in [5, 5.41) is 19.5. The molecule has 5 rings (SSSR count). The number of thiocarbonyl (C=S) groups is 1. The van der Waals surface area contributed by atoms with Crippen LogP contribution in [-0.4, -0.2) is 74.8 Å². The van der Waals surface area contributed by atoms with Gasteiger partial charge in [-0.3, -0.25) is 33.4 Å². The Balaban J connectivity index is 1.70. The van der Waals surface area contributed by atoms with E-state index in [0.717, 1.165) is 43.1 Å². The van der Waals surface area contributed by atoms with Crippen molar-refractivity contribution in [3.8, 4) is 11.5 Å². The van der Waals surface area contributed by atoms with Crippen LogP contribution >= 0.6 is 47.1 Å². The summed E-state index contributed by atoms with van der Waals surface area (Å²) >= 11 is 8.39. The molecule has 3 aliphatic rings. The Kier molecular flexibility index (Phi) is 9.10. The minimum absolute atomic E-state index is 0.00641. The number of aromatic nitrogens is 1. The van der Waals surface area contributed by atoms with Gasteiger partial charge in [-0.25, -0.2) is 0 Å². The number of benzene rings is 1.